The summed E-state index contributed by atoms with van der Waals surface area (Å²) in [6, 6.07) is 7.69. The summed E-state index contributed by atoms with van der Waals surface area (Å²) in [7, 11) is 0. The van der Waals surface area contributed by atoms with Crippen LogP contribution in [0.25, 0.3) is 5.65 Å². The number of hydrogen-bond donors (Lipinski definition) is 1. The average Bonchev–Trinajstić information content (AvgIpc) is 2.95. The molecule has 0 bridgehead atoms. The Kier molecular flexibility index (Phi) is 3.75. The molecule has 0 spiro atoms. The monoisotopic (exact) mass is 311 g/mol. The van der Waals surface area contributed by atoms with Gasteiger partial charge in [0.1, 0.15) is 5.65 Å². The van der Waals surface area contributed by atoms with Gasteiger partial charge in [-0.15, -0.1) is 11.3 Å². The molecule has 0 fully saturated rings. The van der Waals surface area contributed by atoms with Gasteiger partial charge in [0.05, 0.1) is 15.1 Å². The SMILES string of the molecule is Clc1ccc2nc(CNCc3ccc(Cl)s3)cn2c1. The van der Waals surface area contributed by atoms with Gasteiger partial charge < -0.3 is 9.72 Å². The van der Waals surface area contributed by atoms with Gasteiger partial charge in [-0.2, -0.15) is 0 Å². The van der Waals surface area contributed by atoms with Crippen molar-refractivity contribution in [1.82, 2.24) is 14.7 Å². The molecule has 6 heteroatoms. The molecular formula is C13H11Cl2N3S. The first-order valence-corrected chi connectivity index (χ1v) is 7.36. The second kappa shape index (κ2) is 5.51. The maximum absolute atomic E-state index is 5.94. The van der Waals surface area contributed by atoms with Gasteiger partial charge in [-0.25, -0.2) is 4.98 Å². The maximum atomic E-state index is 5.94. The van der Waals surface area contributed by atoms with Crippen LogP contribution < -0.4 is 5.32 Å². The molecular weight excluding hydrogens is 301 g/mol. The van der Waals surface area contributed by atoms with E-state index in [0.29, 0.717) is 5.02 Å². The quantitative estimate of drug-likeness (QED) is 0.789. The van der Waals surface area contributed by atoms with E-state index in [0.717, 1.165) is 28.8 Å². The molecule has 0 amide bonds. The fourth-order valence-electron chi connectivity index (χ4n) is 1.86. The van der Waals surface area contributed by atoms with Crippen LogP contribution in [0.5, 0.6) is 0 Å². The number of halogens is 2. The van der Waals surface area contributed by atoms with Crippen LogP contribution in [0.15, 0.2) is 36.7 Å². The average molecular weight is 312 g/mol. The van der Waals surface area contributed by atoms with Gasteiger partial charge in [0.15, 0.2) is 0 Å². The Hall–Kier alpha value is -1.07. The largest absolute Gasteiger partial charge is 0.306 e. The van der Waals surface area contributed by atoms with E-state index in [1.54, 1.807) is 11.3 Å². The van der Waals surface area contributed by atoms with Crippen LogP contribution in [0.1, 0.15) is 10.6 Å². The van der Waals surface area contributed by atoms with Crippen molar-refractivity contribution in [3.63, 3.8) is 0 Å². The molecule has 3 rings (SSSR count). The number of pyridine rings is 1. The first-order valence-electron chi connectivity index (χ1n) is 5.79. The number of aromatic nitrogens is 2. The molecule has 0 radical (unpaired) electrons. The highest BCUT2D eigenvalue weighted by Crippen LogP contribution is 2.21. The van der Waals surface area contributed by atoms with E-state index in [1.165, 1.54) is 4.88 Å². The van der Waals surface area contributed by atoms with Crippen molar-refractivity contribution in [3.05, 3.63) is 56.6 Å². The van der Waals surface area contributed by atoms with E-state index in [4.69, 9.17) is 23.2 Å². The van der Waals surface area contributed by atoms with E-state index in [9.17, 15) is 0 Å². The van der Waals surface area contributed by atoms with Crippen molar-refractivity contribution in [3.8, 4) is 0 Å². The molecule has 0 saturated carbocycles. The van der Waals surface area contributed by atoms with Crippen LogP contribution in [-0.2, 0) is 13.1 Å². The summed E-state index contributed by atoms with van der Waals surface area (Å²) in [5.74, 6) is 0. The van der Waals surface area contributed by atoms with Crippen LogP contribution >= 0.6 is 34.5 Å². The van der Waals surface area contributed by atoms with Crippen LogP contribution in [0.3, 0.4) is 0 Å². The third-order valence-corrected chi connectivity index (χ3v) is 4.15. The van der Waals surface area contributed by atoms with Crippen molar-refractivity contribution in [2.24, 2.45) is 0 Å². The van der Waals surface area contributed by atoms with Crippen molar-refractivity contribution in [2.75, 3.05) is 0 Å². The van der Waals surface area contributed by atoms with E-state index in [2.05, 4.69) is 10.3 Å². The Morgan fingerprint density at radius 3 is 2.79 bits per heavy atom. The summed E-state index contributed by atoms with van der Waals surface area (Å²) in [5.41, 5.74) is 1.89. The normalized spacial score (nSPS) is 11.3. The third kappa shape index (κ3) is 3.09. The summed E-state index contributed by atoms with van der Waals surface area (Å²) in [5, 5.41) is 4.06. The standard InChI is InChI=1S/C13H11Cl2N3S/c14-9-1-4-13-17-10(8-18(13)7-9)5-16-6-11-2-3-12(15)19-11/h1-4,7-8,16H,5-6H2. The summed E-state index contributed by atoms with van der Waals surface area (Å²) < 4.78 is 2.75. The summed E-state index contributed by atoms with van der Waals surface area (Å²) in [6.07, 6.45) is 3.84. The molecule has 0 atom stereocenters. The lowest BCUT2D eigenvalue weighted by atomic mass is 10.4. The van der Waals surface area contributed by atoms with Gasteiger partial charge >= 0.3 is 0 Å². The zero-order chi connectivity index (χ0) is 13.2. The van der Waals surface area contributed by atoms with Gasteiger partial charge in [0.25, 0.3) is 0 Å². The fourth-order valence-corrected chi connectivity index (χ4v) is 3.09. The second-order valence-corrected chi connectivity index (χ2v) is 6.39. The van der Waals surface area contributed by atoms with Crippen LogP contribution in [0.2, 0.25) is 9.36 Å². The minimum absolute atomic E-state index is 0.706. The zero-order valence-electron chi connectivity index (χ0n) is 9.94. The van der Waals surface area contributed by atoms with Gasteiger partial charge in [-0.3, -0.25) is 0 Å². The lowest BCUT2D eigenvalue weighted by molar-refractivity contribution is 0.690. The highest BCUT2D eigenvalue weighted by atomic mass is 35.5. The van der Waals surface area contributed by atoms with E-state index in [1.807, 2.05) is 41.1 Å². The Labute approximate surface area is 124 Å². The van der Waals surface area contributed by atoms with Gasteiger partial charge in [0.2, 0.25) is 0 Å². The number of nitrogens with zero attached hydrogens (tertiary/aromatic N) is 2. The molecule has 0 aliphatic carbocycles. The van der Waals surface area contributed by atoms with Crippen LogP contribution in [0, 0.1) is 0 Å². The Morgan fingerprint density at radius 1 is 1.11 bits per heavy atom. The molecule has 0 saturated heterocycles. The Morgan fingerprint density at radius 2 is 2.00 bits per heavy atom. The molecule has 3 heterocycles. The third-order valence-electron chi connectivity index (χ3n) is 2.70. The van der Waals surface area contributed by atoms with Crippen molar-refractivity contribution < 1.29 is 0 Å². The first kappa shape index (κ1) is 12.9. The van der Waals surface area contributed by atoms with E-state index in [-0.39, 0.29) is 0 Å². The predicted molar refractivity (Wildman–Crippen MR) is 80.1 cm³/mol. The molecule has 19 heavy (non-hydrogen) atoms. The highest BCUT2D eigenvalue weighted by molar-refractivity contribution is 7.16. The van der Waals surface area contributed by atoms with Crippen molar-refractivity contribution in [1.29, 1.82) is 0 Å². The van der Waals surface area contributed by atoms with E-state index >= 15 is 0 Å². The number of fused-ring (bicyclic) bond motifs is 1. The molecule has 0 aromatic carbocycles. The van der Waals surface area contributed by atoms with Crippen LogP contribution in [0.4, 0.5) is 0 Å². The number of hydrogen-bond acceptors (Lipinski definition) is 3. The number of nitrogens with one attached hydrogen (secondary N) is 1. The molecule has 0 aliphatic rings. The minimum Gasteiger partial charge on any atom is -0.306 e. The number of rotatable bonds is 4. The fraction of sp³-hybridized carbons (Fsp3) is 0.154. The van der Waals surface area contributed by atoms with E-state index < -0.39 is 0 Å². The highest BCUT2D eigenvalue weighted by Gasteiger charge is 2.02. The molecule has 0 unspecified atom stereocenters. The topological polar surface area (TPSA) is 29.3 Å². The summed E-state index contributed by atoms with van der Waals surface area (Å²) in [4.78, 5) is 5.73. The Balaban J connectivity index is 1.65. The van der Waals surface area contributed by atoms with Gasteiger partial charge in [-0.1, -0.05) is 23.2 Å². The first-order chi connectivity index (χ1) is 9.20. The Bertz CT molecular complexity index is 705. The molecule has 3 aromatic rings. The van der Waals surface area contributed by atoms with Crippen LogP contribution in [-0.4, -0.2) is 9.38 Å². The van der Waals surface area contributed by atoms with Crippen molar-refractivity contribution in [2.45, 2.75) is 13.1 Å². The molecule has 98 valence electrons. The summed E-state index contributed by atoms with van der Waals surface area (Å²) >= 11 is 13.4. The molecule has 3 nitrogen and oxygen atoms in total. The van der Waals surface area contributed by atoms with Gasteiger partial charge in [-0.05, 0) is 24.3 Å². The summed E-state index contributed by atoms with van der Waals surface area (Å²) in [6.45, 7) is 1.51. The minimum atomic E-state index is 0.706. The molecule has 0 aliphatic heterocycles. The van der Waals surface area contributed by atoms with Gasteiger partial charge in [0, 0.05) is 30.4 Å². The molecule has 3 aromatic heterocycles. The number of imidazole rings is 1. The predicted octanol–water partition coefficient (Wildman–Crippen LogP) is 3.99. The lowest BCUT2D eigenvalue weighted by Crippen LogP contribution is -2.11. The molecule has 1 N–H and O–H groups in total. The second-order valence-electron chi connectivity index (χ2n) is 4.15. The smallest absolute Gasteiger partial charge is 0.137 e. The van der Waals surface area contributed by atoms with Crippen molar-refractivity contribution >= 4 is 40.2 Å². The number of thiophene rings is 1. The lowest BCUT2D eigenvalue weighted by Gasteiger charge is -1.99. The zero-order valence-corrected chi connectivity index (χ0v) is 12.3. The maximum Gasteiger partial charge on any atom is 0.137 e.